The zero-order valence-corrected chi connectivity index (χ0v) is 12.1. The summed E-state index contributed by atoms with van der Waals surface area (Å²) in [5.74, 6) is 0.733. The van der Waals surface area contributed by atoms with Crippen LogP contribution >= 0.6 is 0 Å². The van der Waals surface area contributed by atoms with Crippen LogP contribution < -0.4 is 10.5 Å². The quantitative estimate of drug-likeness (QED) is 0.453. The third kappa shape index (κ3) is 2.33. The molecule has 0 saturated carbocycles. The molecule has 2 N–H and O–H groups in total. The molecule has 2 aromatic carbocycles. The van der Waals surface area contributed by atoms with E-state index in [9.17, 15) is 10.1 Å². The second kappa shape index (κ2) is 5.57. The number of hydrogen-bond acceptors (Lipinski definition) is 5. The predicted octanol–water partition coefficient (Wildman–Crippen LogP) is 3.15. The van der Waals surface area contributed by atoms with Gasteiger partial charge in [0.05, 0.1) is 22.6 Å². The monoisotopic (exact) mass is 297 g/mol. The molecule has 6 nitrogen and oxygen atoms in total. The van der Waals surface area contributed by atoms with Crippen LogP contribution in [0.25, 0.3) is 21.8 Å². The van der Waals surface area contributed by atoms with Crippen LogP contribution in [-0.2, 0) is 6.54 Å². The van der Waals surface area contributed by atoms with E-state index in [1.165, 1.54) is 12.1 Å². The van der Waals surface area contributed by atoms with Crippen molar-refractivity contribution in [3.8, 4) is 5.75 Å². The Morgan fingerprint density at radius 1 is 1.18 bits per heavy atom. The Morgan fingerprint density at radius 2 is 1.86 bits per heavy atom. The molecule has 6 heteroatoms. The third-order valence-electron chi connectivity index (χ3n) is 3.57. The van der Waals surface area contributed by atoms with Gasteiger partial charge in [-0.1, -0.05) is 0 Å². The summed E-state index contributed by atoms with van der Waals surface area (Å²) in [6.45, 7) is 2.75. The van der Waals surface area contributed by atoms with E-state index in [0.29, 0.717) is 17.5 Å². The van der Waals surface area contributed by atoms with E-state index in [2.05, 4.69) is 4.98 Å². The van der Waals surface area contributed by atoms with Crippen LogP contribution in [0.2, 0.25) is 0 Å². The second-order valence-corrected chi connectivity index (χ2v) is 4.87. The summed E-state index contributed by atoms with van der Waals surface area (Å²) in [6.07, 6.45) is 0. The van der Waals surface area contributed by atoms with Crippen molar-refractivity contribution < 1.29 is 9.66 Å². The van der Waals surface area contributed by atoms with Crippen LogP contribution in [-0.4, -0.2) is 16.5 Å². The molecule has 0 unspecified atom stereocenters. The number of non-ortho nitro benzene ring substituents is 1. The molecule has 0 spiro atoms. The first-order chi connectivity index (χ1) is 10.6. The SMILES string of the molecule is CCOc1ccc2nc3ccc([N+](=O)[O-])cc3c(CN)c2c1. The minimum absolute atomic E-state index is 0.0318. The fourth-order valence-electron chi connectivity index (χ4n) is 2.58. The molecular formula is C16H15N3O3. The number of nitro benzene ring substituents is 1. The molecule has 0 bridgehead atoms. The molecule has 0 aliphatic carbocycles. The van der Waals surface area contributed by atoms with E-state index < -0.39 is 4.92 Å². The summed E-state index contributed by atoms with van der Waals surface area (Å²) >= 11 is 0. The van der Waals surface area contributed by atoms with E-state index in [1.54, 1.807) is 6.07 Å². The first-order valence-corrected chi connectivity index (χ1v) is 6.97. The number of hydrogen-bond donors (Lipinski definition) is 1. The number of nitrogens with two attached hydrogens (primary N) is 1. The standard InChI is InChI=1S/C16H15N3O3/c1-2-22-11-4-6-16-13(8-11)14(9-17)12-7-10(19(20)21)3-5-15(12)18-16/h3-8H,2,9,17H2,1H3. The minimum atomic E-state index is -0.416. The Morgan fingerprint density at radius 3 is 2.50 bits per heavy atom. The molecule has 112 valence electrons. The Hall–Kier alpha value is -2.73. The molecule has 0 fully saturated rings. The molecule has 0 saturated heterocycles. The number of rotatable bonds is 4. The molecule has 1 aromatic heterocycles. The van der Waals surface area contributed by atoms with Gasteiger partial charge in [-0.15, -0.1) is 0 Å². The van der Waals surface area contributed by atoms with Crippen LogP contribution in [0.1, 0.15) is 12.5 Å². The van der Waals surface area contributed by atoms with Crippen molar-refractivity contribution >= 4 is 27.5 Å². The van der Waals surface area contributed by atoms with Gasteiger partial charge in [-0.3, -0.25) is 10.1 Å². The van der Waals surface area contributed by atoms with E-state index in [1.807, 2.05) is 25.1 Å². The van der Waals surface area contributed by atoms with Crippen molar-refractivity contribution in [1.82, 2.24) is 4.98 Å². The molecule has 0 aliphatic heterocycles. The normalized spacial score (nSPS) is 11.0. The Labute approximate surface area is 126 Å². The van der Waals surface area contributed by atoms with Gasteiger partial charge in [0, 0.05) is 29.4 Å². The van der Waals surface area contributed by atoms with E-state index in [0.717, 1.165) is 22.2 Å². The number of benzene rings is 2. The summed E-state index contributed by atoms with van der Waals surface area (Å²) in [6, 6.07) is 10.2. The van der Waals surface area contributed by atoms with Gasteiger partial charge in [0.15, 0.2) is 0 Å². The molecule has 3 aromatic rings. The molecule has 1 heterocycles. The van der Waals surface area contributed by atoms with E-state index >= 15 is 0 Å². The van der Waals surface area contributed by atoms with Gasteiger partial charge < -0.3 is 10.5 Å². The highest BCUT2D eigenvalue weighted by atomic mass is 16.6. The van der Waals surface area contributed by atoms with Crippen LogP contribution in [0.4, 0.5) is 5.69 Å². The third-order valence-corrected chi connectivity index (χ3v) is 3.57. The van der Waals surface area contributed by atoms with Gasteiger partial charge in [0.2, 0.25) is 0 Å². The average molecular weight is 297 g/mol. The zero-order chi connectivity index (χ0) is 15.7. The van der Waals surface area contributed by atoms with Gasteiger partial charge in [0.1, 0.15) is 5.75 Å². The van der Waals surface area contributed by atoms with Gasteiger partial charge in [0.25, 0.3) is 5.69 Å². The Kier molecular flexibility index (Phi) is 3.60. The number of nitro groups is 1. The van der Waals surface area contributed by atoms with Crippen LogP contribution in [0.5, 0.6) is 5.75 Å². The van der Waals surface area contributed by atoms with Crippen molar-refractivity contribution in [3.63, 3.8) is 0 Å². The van der Waals surface area contributed by atoms with Gasteiger partial charge >= 0.3 is 0 Å². The first-order valence-electron chi connectivity index (χ1n) is 6.97. The summed E-state index contributed by atoms with van der Waals surface area (Å²) in [7, 11) is 0. The van der Waals surface area contributed by atoms with Crippen LogP contribution in [0, 0.1) is 10.1 Å². The maximum Gasteiger partial charge on any atom is 0.270 e. The lowest BCUT2D eigenvalue weighted by Gasteiger charge is -2.11. The molecule has 22 heavy (non-hydrogen) atoms. The number of ether oxygens (including phenoxy) is 1. The van der Waals surface area contributed by atoms with E-state index in [4.69, 9.17) is 10.5 Å². The van der Waals surface area contributed by atoms with Gasteiger partial charge in [-0.25, -0.2) is 4.98 Å². The smallest absolute Gasteiger partial charge is 0.270 e. The fourth-order valence-corrected chi connectivity index (χ4v) is 2.58. The lowest BCUT2D eigenvalue weighted by atomic mass is 10.0. The molecular weight excluding hydrogens is 282 g/mol. The summed E-state index contributed by atoms with van der Waals surface area (Å²) in [5, 5.41) is 12.5. The summed E-state index contributed by atoms with van der Waals surface area (Å²) in [5.41, 5.74) is 8.26. The van der Waals surface area contributed by atoms with Crippen LogP contribution in [0.15, 0.2) is 36.4 Å². The zero-order valence-electron chi connectivity index (χ0n) is 12.1. The summed E-state index contributed by atoms with van der Waals surface area (Å²) in [4.78, 5) is 15.1. The summed E-state index contributed by atoms with van der Waals surface area (Å²) < 4.78 is 5.51. The highest BCUT2D eigenvalue weighted by Gasteiger charge is 2.13. The Balaban J connectivity index is 2.34. The molecule has 0 atom stereocenters. The predicted molar refractivity (Wildman–Crippen MR) is 85.0 cm³/mol. The maximum absolute atomic E-state index is 11.0. The van der Waals surface area contributed by atoms with E-state index in [-0.39, 0.29) is 12.2 Å². The molecule has 0 aliphatic rings. The molecule has 0 amide bonds. The van der Waals surface area contributed by atoms with Crippen molar-refractivity contribution in [2.45, 2.75) is 13.5 Å². The number of nitrogens with zero attached hydrogens (tertiary/aromatic N) is 2. The average Bonchev–Trinajstić information content (AvgIpc) is 2.52. The highest BCUT2D eigenvalue weighted by molar-refractivity contribution is 5.98. The molecule has 0 radical (unpaired) electrons. The topological polar surface area (TPSA) is 91.3 Å². The van der Waals surface area contributed by atoms with Gasteiger partial charge in [-0.05, 0) is 36.8 Å². The van der Waals surface area contributed by atoms with Crippen molar-refractivity contribution in [2.75, 3.05) is 6.61 Å². The minimum Gasteiger partial charge on any atom is -0.494 e. The van der Waals surface area contributed by atoms with Crippen molar-refractivity contribution in [1.29, 1.82) is 0 Å². The lowest BCUT2D eigenvalue weighted by molar-refractivity contribution is -0.384. The lowest BCUT2D eigenvalue weighted by Crippen LogP contribution is -2.01. The fraction of sp³-hybridized carbons (Fsp3) is 0.188. The van der Waals surface area contributed by atoms with Crippen LogP contribution in [0.3, 0.4) is 0 Å². The largest absolute Gasteiger partial charge is 0.494 e. The first kappa shape index (κ1) is 14.2. The second-order valence-electron chi connectivity index (χ2n) is 4.87. The highest BCUT2D eigenvalue weighted by Crippen LogP contribution is 2.30. The number of pyridine rings is 1. The van der Waals surface area contributed by atoms with Gasteiger partial charge in [-0.2, -0.15) is 0 Å². The van der Waals surface area contributed by atoms with Crippen molar-refractivity contribution in [3.05, 3.63) is 52.1 Å². The van der Waals surface area contributed by atoms with Crippen molar-refractivity contribution in [2.24, 2.45) is 5.73 Å². The molecule has 3 rings (SSSR count). The Bertz CT molecular complexity index is 877. The maximum atomic E-state index is 11.0. The number of aromatic nitrogens is 1. The number of fused-ring (bicyclic) bond motifs is 2.